The molecule has 0 aromatic rings. The van der Waals surface area contributed by atoms with E-state index >= 15 is 0 Å². The molecule has 3 heterocycles. The van der Waals surface area contributed by atoms with Crippen molar-refractivity contribution in [1.29, 1.82) is 0 Å². The summed E-state index contributed by atoms with van der Waals surface area (Å²) in [6, 6.07) is 0. The molecule has 3 rings (SSSR count). The third-order valence-corrected chi connectivity index (χ3v) is 7.92. The van der Waals surface area contributed by atoms with Gasteiger partial charge in [-0.05, 0) is 64.4 Å². The van der Waals surface area contributed by atoms with Crippen LogP contribution < -0.4 is 5.32 Å². The van der Waals surface area contributed by atoms with E-state index in [0.717, 1.165) is 44.1 Å². The monoisotopic (exact) mass is 539 g/mol. The molecule has 1 amide bonds. The number of allylic oxidation sites excluding steroid dienone is 6. The van der Waals surface area contributed by atoms with Crippen LogP contribution in [0, 0.1) is 11.8 Å². The number of rotatable bonds is 5. The van der Waals surface area contributed by atoms with Crippen LogP contribution in [0.25, 0.3) is 0 Å². The van der Waals surface area contributed by atoms with Gasteiger partial charge < -0.3 is 19.5 Å². The van der Waals surface area contributed by atoms with Crippen LogP contribution in [0.2, 0.25) is 0 Å². The summed E-state index contributed by atoms with van der Waals surface area (Å²) in [7, 11) is 1.64. The summed E-state index contributed by atoms with van der Waals surface area (Å²) in [5.74, 6) is 0.156. The summed E-state index contributed by atoms with van der Waals surface area (Å²) in [4.78, 5) is 24.6. The van der Waals surface area contributed by atoms with E-state index < -0.39 is 0 Å². The Morgan fingerprint density at radius 2 is 1.69 bits per heavy atom. The summed E-state index contributed by atoms with van der Waals surface area (Å²) in [5, 5.41) is 2.63. The minimum atomic E-state index is -0.384. The summed E-state index contributed by atoms with van der Waals surface area (Å²) in [5.41, 5.74) is 2.32. The predicted molar refractivity (Wildman–Crippen MR) is 156 cm³/mol. The minimum Gasteiger partial charge on any atom is -0.457 e. The molecule has 216 valence electrons. The van der Waals surface area contributed by atoms with Crippen LogP contribution in [0.3, 0.4) is 0 Å². The van der Waals surface area contributed by atoms with Crippen LogP contribution >= 0.6 is 0 Å². The van der Waals surface area contributed by atoms with Gasteiger partial charge in [0.1, 0.15) is 6.10 Å². The van der Waals surface area contributed by atoms with Gasteiger partial charge in [0.2, 0.25) is 5.91 Å². The van der Waals surface area contributed by atoms with E-state index in [-0.39, 0.29) is 54.7 Å². The van der Waals surface area contributed by atoms with Gasteiger partial charge in [-0.2, -0.15) is 0 Å². The summed E-state index contributed by atoms with van der Waals surface area (Å²) in [6.45, 7) is 8.32. The highest BCUT2D eigenvalue weighted by molar-refractivity contribution is 5.78. The van der Waals surface area contributed by atoms with Crippen molar-refractivity contribution in [2.75, 3.05) is 7.05 Å². The van der Waals surface area contributed by atoms with Gasteiger partial charge in [0, 0.05) is 25.8 Å². The molecule has 7 atom stereocenters. The topological polar surface area (TPSA) is 73.9 Å². The Labute approximate surface area is 235 Å². The lowest BCUT2D eigenvalue weighted by molar-refractivity contribution is -0.154. The zero-order valence-electron chi connectivity index (χ0n) is 24.6. The van der Waals surface area contributed by atoms with Crippen LogP contribution in [0.15, 0.2) is 59.8 Å². The first-order chi connectivity index (χ1) is 18.7. The van der Waals surface area contributed by atoms with Gasteiger partial charge in [0.15, 0.2) is 0 Å². The van der Waals surface area contributed by atoms with E-state index in [1.54, 1.807) is 7.05 Å². The van der Waals surface area contributed by atoms with E-state index in [0.29, 0.717) is 12.3 Å². The molecule has 7 unspecified atom stereocenters. The van der Waals surface area contributed by atoms with Crippen molar-refractivity contribution in [3.63, 3.8) is 0 Å². The van der Waals surface area contributed by atoms with Crippen molar-refractivity contribution in [1.82, 2.24) is 5.32 Å². The minimum absolute atomic E-state index is 0.00909. The van der Waals surface area contributed by atoms with Gasteiger partial charge in [-0.25, -0.2) is 0 Å². The number of ether oxygens (including phenoxy) is 3. The quantitative estimate of drug-likeness (QED) is 0.244. The normalized spacial score (nSPS) is 35.2. The fraction of sp³-hybridized carbons (Fsp3) is 0.636. The van der Waals surface area contributed by atoms with Crippen molar-refractivity contribution in [2.45, 2.75) is 116 Å². The fourth-order valence-corrected chi connectivity index (χ4v) is 5.69. The first-order valence-electron chi connectivity index (χ1n) is 14.8. The second-order valence-electron chi connectivity index (χ2n) is 11.5. The maximum atomic E-state index is 13.1. The summed E-state index contributed by atoms with van der Waals surface area (Å²) in [6.07, 6.45) is 23.8. The van der Waals surface area contributed by atoms with E-state index in [1.807, 2.05) is 37.3 Å². The molecule has 0 spiro atoms. The van der Waals surface area contributed by atoms with Gasteiger partial charge in [0.25, 0.3) is 0 Å². The van der Waals surface area contributed by atoms with Gasteiger partial charge in [0.05, 0.1) is 30.8 Å². The average Bonchev–Trinajstić information content (AvgIpc) is 2.90. The number of nitrogens with one attached hydrogen (secondary N) is 1. The largest absolute Gasteiger partial charge is 0.457 e. The molecule has 2 saturated heterocycles. The number of carbonyl (C=O) groups is 2. The third-order valence-electron chi connectivity index (χ3n) is 7.92. The Morgan fingerprint density at radius 3 is 2.44 bits per heavy atom. The number of esters is 1. The highest BCUT2D eigenvalue weighted by atomic mass is 16.5. The number of cyclic esters (lactones) is 1. The van der Waals surface area contributed by atoms with Crippen LogP contribution in [-0.4, -0.2) is 49.4 Å². The fourth-order valence-electron chi connectivity index (χ4n) is 5.69. The molecule has 0 aromatic carbocycles. The van der Waals surface area contributed by atoms with Gasteiger partial charge >= 0.3 is 5.97 Å². The molecule has 0 saturated carbocycles. The van der Waals surface area contributed by atoms with Crippen molar-refractivity contribution in [2.24, 2.45) is 11.8 Å². The Kier molecular flexibility index (Phi) is 12.7. The van der Waals surface area contributed by atoms with Crippen molar-refractivity contribution in [3.8, 4) is 0 Å². The standard InChI is InChI=1S/C33H49NO5/c1-6-26-19-29-21-28-13-10-12-27(37-28)17-24(3)15-16-25(4)31(39-33(36)22-30(20-26)38-29)14-9-7-8-11-23(2)18-32(35)34-5/h6-9,11,14-16,24-25,27-31H,10,12-13,17-22H2,1-5H3,(H,34,35)/b8-7-,14-9+,16-15+,23-11+,26-6-. The number of amides is 1. The van der Waals surface area contributed by atoms with E-state index in [2.05, 4.69) is 44.3 Å². The summed E-state index contributed by atoms with van der Waals surface area (Å²) < 4.78 is 19.0. The van der Waals surface area contributed by atoms with Gasteiger partial charge in [-0.15, -0.1) is 0 Å². The lowest BCUT2D eigenvalue weighted by Gasteiger charge is -2.37. The highest BCUT2D eigenvalue weighted by Gasteiger charge is 2.32. The lowest BCUT2D eigenvalue weighted by atomic mass is 9.90. The zero-order chi connectivity index (χ0) is 28.2. The maximum Gasteiger partial charge on any atom is 0.309 e. The molecule has 0 aromatic heterocycles. The molecule has 39 heavy (non-hydrogen) atoms. The maximum absolute atomic E-state index is 13.1. The Balaban J connectivity index is 1.75. The molecule has 2 fully saturated rings. The highest BCUT2D eigenvalue weighted by Crippen LogP contribution is 2.33. The Bertz CT molecular complexity index is 961. The van der Waals surface area contributed by atoms with Crippen molar-refractivity contribution in [3.05, 3.63) is 59.8 Å². The SMILES string of the molecule is C/C=C1\CC2CC(=O)OC(/C=C/C=C\C=C(/C)CC(=O)NC)C(C)/C=C/C(C)CC3CCCC(CC(C1)O2)O3. The number of hydrogen-bond acceptors (Lipinski definition) is 5. The van der Waals surface area contributed by atoms with E-state index in [1.165, 1.54) is 12.0 Å². The second kappa shape index (κ2) is 16.0. The zero-order valence-corrected chi connectivity index (χ0v) is 24.6. The molecule has 0 aliphatic carbocycles. The van der Waals surface area contributed by atoms with Crippen LogP contribution in [0.4, 0.5) is 0 Å². The first kappa shape index (κ1) is 31.1. The molecule has 1 N–H and O–H groups in total. The smallest absolute Gasteiger partial charge is 0.309 e. The Hall–Kier alpha value is -2.44. The van der Waals surface area contributed by atoms with Crippen LogP contribution in [-0.2, 0) is 23.8 Å². The summed E-state index contributed by atoms with van der Waals surface area (Å²) >= 11 is 0. The van der Waals surface area contributed by atoms with E-state index in [9.17, 15) is 9.59 Å². The number of carbonyl (C=O) groups excluding carboxylic acids is 2. The average molecular weight is 540 g/mol. The van der Waals surface area contributed by atoms with Crippen LogP contribution in [0.1, 0.15) is 85.5 Å². The lowest BCUT2D eigenvalue weighted by Crippen LogP contribution is -2.37. The second-order valence-corrected chi connectivity index (χ2v) is 11.5. The predicted octanol–water partition coefficient (Wildman–Crippen LogP) is 6.54. The molecular weight excluding hydrogens is 490 g/mol. The van der Waals surface area contributed by atoms with Crippen molar-refractivity contribution >= 4 is 11.9 Å². The third kappa shape index (κ3) is 10.9. The van der Waals surface area contributed by atoms with Crippen LogP contribution in [0.5, 0.6) is 0 Å². The molecule has 6 nitrogen and oxygen atoms in total. The molecule has 0 radical (unpaired) electrons. The van der Waals surface area contributed by atoms with Crippen molar-refractivity contribution < 1.29 is 23.8 Å². The number of hydrogen-bond donors (Lipinski definition) is 1. The molecular formula is C33H49NO5. The number of fused-ring (bicyclic) bond motifs is 4. The molecule has 3 aliphatic heterocycles. The molecule has 3 aliphatic rings. The molecule has 6 heteroatoms. The van der Waals surface area contributed by atoms with Gasteiger partial charge in [-0.1, -0.05) is 67.5 Å². The Morgan fingerprint density at radius 1 is 0.974 bits per heavy atom. The van der Waals surface area contributed by atoms with Gasteiger partial charge in [-0.3, -0.25) is 9.59 Å². The van der Waals surface area contributed by atoms with E-state index in [4.69, 9.17) is 14.2 Å². The molecule has 4 bridgehead atoms. The first-order valence-corrected chi connectivity index (χ1v) is 14.8.